The molecule has 1 rings (SSSR count). The summed E-state index contributed by atoms with van der Waals surface area (Å²) in [5.41, 5.74) is 11.6. The van der Waals surface area contributed by atoms with E-state index in [2.05, 4.69) is 6.58 Å². The van der Waals surface area contributed by atoms with Gasteiger partial charge in [-0.25, -0.2) is 0 Å². The molecule has 0 spiro atoms. The molecule has 0 saturated carbocycles. The monoisotopic (exact) mass is 212 g/mol. The highest BCUT2D eigenvalue weighted by Gasteiger charge is 2.29. The van der Waals surface area contributed by atoms with E-state index in [4.69, 9.17) is 20.9 Å². The molecule has 3 atom stereocenters. The van der Waals surface area contributed by atoms with Crippen LogP contribution in [0.1, 0.15) is 6.42 Å². The Morgan fingerprint density at radius 2 is 2.33 bits per heavy atom. The number of hydrogen-bond acceptors (Lipinski definition) is 5. The lowest BCUT2D eigenvalue weighted by Gasteiger charge is -2.31. The topological polar surface area (TPSA) is 87.6 Å². The van der Waals surface area contributed by atoms with Gasteiger partial charge in [-0.15, -0.1) is 6.58 Å². The molecule has 1 aliphatic carbocycles. The first-order valence-corrected chi connectivity index (χ1v) is 4.73. The standard InChI is InChI=1S/C10H16N2O3/c1-2-3-14-9-5-7(15-6-13)4-8(11)10(9)12/h2,5-6,8-10H,1,3-4,11-12H2. The molecule has 1 aliphatic rings. The molecule has 0 aromatic rings. The van der Waals surface area contributed by atoms with Crippen molar-refractivity contribution in [2.24, 2.45) is 11.5 Å². The molecule has 0 heterocycles. The second kappa shape index (κ2) is 5.65. The zero-order chi connectivity index (χ0) is 11.3. The van der Waals surface area contributed by atoms with Crippen LogP contribution >= 0.6 is 0 Å². The van der Waals surface area contributed by atoms with Crippen molar-refractivity contribution in [1.29, 1.82) is 0 Å². The van der Waals surface area contributed by atoms with Gasteiger partial charge in [-0.3, -0.25) is 4.79 Å². The minimum atomic E-state index is -0.332. The van der Waals surface area contributed by atoms with Gasteiger partial charge >= 0.3 is 0 Å². The summed E-state index contributed by atoms with van der Waals surface area (Å²) in [4.78, 5) is 10.2. The highest BCUT2D eigenvalue weighted by Crippen LogP contribution is 2.19. The lowest BCUT2D eigenvalue weighted by molar-refractivity contribution is -0.125. The molecular weight excluding hydrogens is 196 g/mol. The average molecular weight is 212 g/mol. The fourth-order valence-electron chi connectivity index (χ4n) is 1.46. The van der Waals surface area contributed by atoms with E-state index >= 15 is 0 Å². The van der Waals surface area contributed by atoms with Crippen LogP contribution in [0.3, 0.4) is 0 Å². The van der Waals surface area contributed by atoms with E-state index in [0.717, 1.165) is 0 Å². The van der Waals surface area contributed by atoms with Gasteiger partial charge in [-0.1, -0.05) is 6.08 Å². The first-order chi connectivity index (χ1) is 7.19. The van der Waals surface area contributed by atoms with Crippen molar-refractivity contribution in [2.45, 2.75) is 24.6 Å². The predicted octanol–water partition coefficient (Wildman–Crippen LogP) is -0.327. The molecule has 15 heavy (non-hydrogen) atoms. The van der Waals surface area contributed by atoms with E-state index in [1.54, 1.807) is 12.2 Å². The van der Waals surface area contributed by atoms with Gasteiger partial charge in [-0.05, 0) is 6.08 Å². The van der Waals surface area contributed by atoms with Crippen LogP contribution in [0.15, 0.2) is 24.5 Å². The van der Waals surface area contributed by atoms with E-state index in [9.17, 15) is 4.79 Å². The van der Waals surface area contributed by atoms with Gasteiger partial charge in [0.25, 0.3) is 6.47 Å². The van der Waals surface area contributed by atoms with Gasteiger partial charge in [0.05, 0.1) is 18.8 Å². The van der Waals surface area contributed by atoms with Crippen LogP contribution in [0, 0.1) is 0 Å². The Kier molecular flexibility index (Phi) is 4.48. The van der Waals surface area contributed by atoms with E-state index in [0.29, 0.717) is 25.3 Å². The van der Waals surface area contributed by atoms with E-state index in [-0.39, 0.29) is 18.2 Å². The smallest absolute Gasteiger partial charge is 0.298 e. The van der Waals surface area contributed by atoms with Crippen molar-refractivity contribution in [2.75, 3.05) is 6.61 Å². The summed E-state index contributed by atoms with van der Waals surface area (Å²) in [6, 6.07) is -0.552. The first-order valence-electron chi connectivity index (χ1n) is 4.73. The van der Waals surface area contributed by atoms with E-state index in [1.165, 1.54) is 0 Å². The van der Waals surface area contributed by atoms with Crippen LogP contribution in [0.4, 0.5) is 0 Å². The molecule has 4 N–H and O–H groups in total. The fourth-order valence-corrected chi connectivity index (χ4v) is 1.46. The third-order valence-electron chi connectivity index (χ3n) is 2.27. The molecular formula is C10H16N2O3. The van der Waals surface area contributed by atoms with Crippen molar-refractivity contribution in [1.82, 2.24) is 0 Å². The van der Waals surface area contributed by atoms with Crippen LogP contribution < -0.4 is 11.5 Å². The molecule has 5 nitrogen and oxygen atoms in total. The summed E-state index contributed by atoms with van der Waals surface area (Å²) in [5, 5.41) is 0. The van der Waals surface area contributed by atoms with Gasteiger partial charge < -0.3 is 20.9 Å². The fraction of sp³-hybridized carbons (Fsp3) is 0.500. The van der Waals surface area contributed by atoms with Crippen molar-refractivity contribution < 1.29 is 14.3 Å². The van der Waals surface area contributed by atoms with Gasteiger partial charge in [0.2, 0.25) is 0 Å². The number of hydrogen-bond donors (Lipinski definition) is 2. The van der Waals surface area contributed by atoms with Crippen LogP contribution in [0.25, 0.3) is 0 Å². The molecule has 0 radical (unpaired) electrons. The molecule has 0 fully saturated rings. The van der Waals surface area contributed by atoms with E-state index in [1.807, 2.05) is 0 Å². The van der Waals surface area contributed by atoms with Crippen molar-refractivity contribution in [3.63, 3.8) is 0 Å². The Hall–Kier alpha value is -1.17. The Balaban J connectivity index is 2.67. The third-order valence-corrected chi connectivity index (χ3v) is 2.27. The highest BCUT2D eigenvalue weighted by atomic mass is 16.5. The van der Waals surface area contributed by atoms with Gasteiger partial charge in [0.1, 0.15) is 5.76 Å². The summed E-state index contributed by atoms with van der Waals surface area (Å²) in [5.74, 6) is 0.508. The quantitative estimate of drug-likeness (QED) is 0.481. The Morgan fingerprint density at radius 1 is 1.60 bits per heavy atom. The second-order valence-electron chi connectivity index (χ2n) is 3.38. The zero-order valence-corrected chi connectivity index (χ0v) is 8.46. The van der Waals surface area contributed by atoms with Crippen molar-refractivity contribution >= 4 is 6.47 Å². The van der Waals surface area contributed by atoms with Gasteiger partial charge in [0, 0.05) is 12.5 Å². The molecule has 0 aliphatic heterocycles. The summed E-state index contributed by atoms with van der Waals surface area (Å²) < 4.78 is 10.1. The number of nitrogens with two attached hydrogens (primary N) is 2. The number of carbonyl (C=O) groups excluding carboxylic acids is 1. The lowest BCUT2D eigenvalue weighted by atomic mass is 9.93. The molecule has 0 bridgehead atoms. The summed E-state index contributed by atoms with van der Waals surface area (Å²) in [7, 11) is 0. The van der Waals surface area contributed by atoms with Gasteiger partial charge in [0.15, 0.2) is 0 Å². The minimum Gasteiger partial charge on any atom is -0.433 e. The van der Waals surface area contributed by atoms with E-state index < -0.39 is 0 Å². The lowest BCUT2D eigenvalue weighted by Crippen LogP contribution is -2.52. The highest BCUT2D eigenvalue weighted by molar-refractivity contribution is 5.40. The molecule has 0 aromatic carbocycles. The summed E-state index contributed by atoms with van der Waals surface area (Å²) in [6.45, 7) is 4.30. The molecule has 0 amide bonds. The Morgan fingerprint density at radius 3 is 2.93 bits per heavy atom. The molecule has 3 unspecified atom stereocenters. The Labute approximate surface area is 88.7 Å². The SMILES string of the molecule is C=CCOC1C=C(OC=O)CC(N)C1N. The minimum absolute atomic E-state index is 0.264. The number of rotatable bonds is 5. The maximum atomic E-state index is 10.2. The van der Waals surface area contributed by atoms with Gasteiger partial charge in [-0.2, -0.15) is 0 Å². The largest absolute Gasteiger partial charge is 0.433 e. The maximum Gasteiger partial charge on any atom is 0.298 e. The molecule has 0 saturated heterocycles. The van der Waals surface area contributed by atoms with Crippen LogP contribution in [-0.4, -0.2) is 31.3 Å². The molecule has 0 aromatic heterocycles. The maximum absolute atomic E-state index is 10.2. The summed E-state index contributed by atoms with van der Waals surface area (Å²) in [6.07, 6.45) is 3.43. The zero-order valence-electron chi connectivity index (χ0n) is 8.46. The second-order valence-corrected chi connectivity index (χ2v) is 3.38. The third kappa shape index (κ3) is 3.16. The predicted molar refractivity (Wildman–Crippen MR) is 55.7 cm³/mol. The van der Waals surface area contributed by atoms with Crippen molar-refractivity contribution in [3.8, 4) is 0 Å². The number of carbonyl (C=O) groups is 1. The number of ether oxygens (including phenoxy) is 2. The van der Waals surface area contributed by atoms with Crippen LogP contribution in [0.2, 0.25) is 0 Å². The summed E-state index contributed by atoms with van der Waals surface area (Å²) >= 11 is 0. The normalized spacial score (nSPS) is 30.5. The van der Waals surface area contributed by atoms with Crippen LogP contribution in [0.5, 0.6) is 0 Å². The van der Waals surface area contributed by atoms with Crippen molar-refractivity contribution in [3.05, 3.63) is 24.5 Å². The Bertz CT molecular complexity index is 265. The molecule has 5 heteroatoms. The molecule has 84 valence electrons. The van der Waals surface area contributed by atoms with Crippen LogP contribution in [-0.2, 0) is 14.3 Å². The first kappa shape index (κ1) is 11.9. The average Bonchev–Trinajstić information content (AvgIpc) is 2.21.